The average molecular weight is 206 g/mol. The van der Waals surface area contributed by atoms with Gasteiger partial charge in [-0.15, -0.1) is 0 Å². The van der Waals surface area contributed by atoms with Crippen molar-refractivity contribution < 1.29 is 4.74 Å². The molecule has 0 saturated heterocycles. The summed E-state index contributed by atoms with van der Waals surface area (Å²) in [6, 6.07) is 2.03. The van der Waals surface area contributed by atoms with E-state index in [0.717, 1.165) is 6.54 Å². The number of nitriles is 1. The quantitative estimate of drug-likeness (QED) is 0.713. The van der Waals surface area contributed by atoms with Crippen LogP contribution in [0.3, 0.4) is 0 Å². The average Bonchev–Trinajstić information content (AvgIpc) is 2.30. The van der Waals surface area contributed by atoms with E-state index in [0.29, 0.717) is 24.7 Å². The normalized spacial score (nSPS) is 9.67. The molecule has 5 heteroatoms. The van der Waals surface area contributed by atoms with Crippen molar-refractivity contribution in [3.8, 4) is 6.07 Å². The third kappa shape index (κ3) is 2.89. The first-order chi connectivity index (χ1) is 7.33. The standard InChI is InChI=1S/C10H14N4O/c1-3-14(6-7-15-2)10-9(8-11)12-4-5-13-10/h4-5H,3,6-7H2,1-2H3. The molecule has 0 radical (unpaired) electrons. The predicted octanol–water partition coefficient (Wildman–Crippen LogP) is 0.821. The summed E-state index contributed by atoms with van der Waals surface area (Å²) in [5, 5.41) is 8.88. The van der Waals surface area contributed by atoms with E-state index in [-0.39, 0.29) is 0 Å². The number of methoxy groups -OCH3 is 1. The number of hydrogen-bond donors (Lipinski definition) is 0. The van der Waals surface area contributed by atoms with Crippen LogP contribution in [0, 0.1) is 11.3 Å². The fraction of sp³-hybridized carbons (Fsp3) is 0.500. The van der Waals surface area contributed by atoms with Crippen LogP contribution in [0.5, 0.6) is 0 Å². The molecule has 0 spiro atoms. The Labute approximate surface area is 89.3 Å². The van der Waals surface area contributed by atoms with E-state index in [1.54, 1.807) is 13.3 Å². The number of anilines is 1. The Kier molecular flexibility index (Phi) is 4.51. The smallest absolute Gasteiger partial charge is 0.183 e. The molecule has 0 unspecified atom stereocenters. The van der Waals surface area contributed by atoms with Crippen LogP contribution in [0.2, 0.25) is 0 Å². The van der Waals surface area contributed by atoms with E-state index < -0.39 is 0 Å². The summed E-state index contributed by atoms with van der Waals surface area (Å²) in [4.78, 5) is 10.1. The molecule has 1 heterocycles. The molecule has 0 N–H and O–H groups in total. The predicted molar refractivity (Wildman–Crippen MR) is 56.5 cm³/mol. The van der Waals surface area contributed by atoms with E-state index in [9.17, 15) is 0 Å². The summed E-state index contributed by atoms with van der Waals surface area (Å²) in [6.07, 6.45) is 3.11. The molecule has 0 aliphatic heterocycles. The Bertz CT molecular complexity index is 348. The van der Waals surface area contributed by atoms with Gasteiger partial charge in [-0.25, -0.2) is 9.97 Å². The van der Waals surface area contributed by atoms with Gasteiger partial charge in [0.05, 0.1) is 6.61 Å². The zero-order valence-electron chi connectivity index (χ0n) is 8.97. The molecule has 0 atom stereocenters. The van der Waals surface area contributed by atoms with Gasteiger partial charge in [0, 0.05) is 32.6 Å². The molecule has 5 nitrogen and oxygen atoms in total. The number of rotatable bonds is 5. The number of hydrogen-bond acceptors (Lipinski definition) is 5. The van der Waals surface area contributed by atoms with Crippen LogP contribution in [-0.2, 0) is 4.74 Å². The second-order valence-electron chi connectivity index (χ2n) is 2.91. The Hall–Kier alpha value is -1.67. The second kappa shape index (κ2) is 5.94. The number of aromatic nitrogens is 2. The Morgan fingerprint density at radius 2 is 2.20 bits per heavy atom. The van der Waals surface area contributed by atoms with Gasteiger partial charge in [-0.2, -0.15) is 5.26 Å². The molecule has 80 valence electrons. The van der Waals surface area contributed by atoms with Crippen LogP contribution in [-0.4, -0.2) is 36.8 Å². The SMILES string of the molecule is CCN(CCOC)c1nccnc1C#N. The summed E-state index contributed by atoms with van der Waals surface area (Å²) in [7, 11) is 1.65. The minimum atomic E-state index is 0.357. The van der Waals surface area contributed by atoms with Crippen LogP contribution in [0.1, 0.15) is 12.6 Å². The summed E-state index contributed by atoms with van der Waals surface area (Å²) in [5.41, 5.74) is 0.357. The van der Waals surface area contributed by atoms with Gasteiger partial charge in [0.25, 0.3) is 0 Å². The van der Waals surface area contributed by atoms with E-state index in [4.69, 9.17) is 10.00 Å². The Balaban J connectivity index is 2.86. The van der Waals surface area contributed by atoms with Gasteiger partial charge < -0.3 is 9.64 Å². The first-order valence-corrected chi connectivity index (χ1v) is 4.78. The lowest BCUT2D eigenvalue weighted by atomic mass is 10.3. The van der Waals surface area contributed by atoms with Crippen LogP contribution >= 0.6 is 0 Å². The fourth-order valence-electron chi connectivity index (χ4n) is 1.26. The zero-order chi connectivity index (χ0) is 11.1. The first kappa shape index (κ1) is 11.4. The highest BCUT2D eigenvalue weighted by Gasteiger charge is 2.11. The van der Waals surface area contributed by atoms with Gasteiger partial charge in [0.15, 0.2) is 11.5 Å². The van der Waals surface area contributed by atoms with Crippen molar-refractivity contribution in [1.29, 1.82) is 5.26 Å². The van der Waals surface area contributed by atoms with E-state index in [2.05, 4.69) is 9.97 Å². The van der Waals surface area contributed by atoms with Crippen molar-refractivity contribution in [2.75, 3.05) is 31.7 Å². The number of likely N-dealkylation sites (N-methyl/N-ethyl adjacent to an activating group) is 1. The summed E-state index contributed by atoms with van der Waals surface area (Å²) < 4.78 is 5.00. The lowest BCUT2D eigenvalue weighted by Crippen LogP contribution is -2.28. The molecule has 1 aromatic rings. The van der Waals surface area contributed by atoms with Crippen LogP contribution < -0.4 is 4.90 Å². The third-order valence-electron chi connectivity index (χ3n) is 2.03. The minimum Gasteiger partial charge on any atom is -0.383 e. The van der Waals surface area contributed by atoms with Crippen molar-refractivity contribution >= 4 is 5.82 Å². The van der Waals surface area contributed by atoms with Gasteiger partial charge >= 0.3 is 0 Å². The van der Waals surface area contributed by atoms with Crippen LogP contribution in [0.25, 0.3) is 0 Å². The van der Waals surface area contributed by atoms with Gasteiger partial charge in [0.2, 0.25) is 0 Å². The highest BCUT2D eigenvalue weighted by molar-refractivity contribution is 5.49. The molecule has 0 aromatic carbocycles. The maximum absolute atomic E-state index is 8.88. The molecule has 1 aromatic heterocycles. The Morgan fingerprint density at radius 1 is 1.47 bits per heavy atom. The number of ether oxygens (including phenoxy) is 1. The molecule has 1 rings (SSSR count). The van der Waals surface area contributed by atoms with E-state index in [1.807, 2.05) is 17.9 Å². The van der Waals surface area contributed by atoms with Gasteiger partial charge in [-0.3, -0.25) is 0 Å². The van der Waals surface area contributed by atoms with Crippen molar-refractivity contribution in [2.24, 2.45) is 0 Å². The van der Waals surface area contributed by atoms with Crippen molar-refractivity contribution in [3.63, 3.8) is 0 Å². The van der Waals surface area contributed by atoms with E-state index in [1.165, 1.54) is 6.20 Å². The number of nitrogens with zero attached hydrogens (tertiary/aromatic N) is 4. The first-order valence-electron chi connectivity index (χ1n) is 4.78. The third-order valence-corrected chi connectivity index (χ3v) is 2.03. The van der Waals surface area contributed by atoms with Crippen LogP contribution in [0.15, 0.2) is 12.4 Å². The molecular weight excluding hydrogens is 192 g/mol. The minimum absolute atomic E-state index is 0.357. The highest BCUT2D eigenvalue weighted by Crippen LogP contribution is 2.12. The molecule has 0 saturated carbocycles. The maximum atomic E-state index is 8.88. The summed E-state index contributed by atoms with van der Waals surface area (Å²) in [5.74, 6) is 0.625. The van der Waals surface area contributed by atoms with E-state index >= 15 is 0 Å². The van der Waals surface area contributed by atoms with Gasteiger partial charge in [-0.1, -0.05) is 0 Å². The Morgan fingerprint density at radius 3 is 2.80 bits per heavy atom. The topological polar surface area (TPSA) is 62.0 Å². The van der Waals surface area contributed by atoms with Gasteiger partial charge in [-0.05, 0) is 6.92 Å². The molecule has 0 fully saturated rings. The zero-order valence-corrected chi connectivity index (χ0v) is 8.97. The van der Waals surface area contributed by atoms with Crippen molar-refractivity contribution in [2.45, 2.75) is 6.92 Å². The van der Waals surface area contributed by atoms with Crippen molar-refractivity contribution in [3.05, 3.63) is 18.1 Å². The van der Waals surface area contributed by atoms with Gasteiger partial charge in [0.1, 0.15) is 6.07 Å². The highest BCUT2D eigenvalue weighted by atomic mass is 16.5. The molecule has 15 heavy (non-hydrogen) atoms. The lowest BCUT2D eigenvalue weighted by molar-refractivity contribution is 0.205. The lowest BCUT2D eigenvalue weighted by Gasteiger charge is -2.21. The fourth-order valence-corrected chi connectivity index (χ4v) is 1.26. The van der Waals surface area contributed by atoms with Crippen LogP contribution in [0.4, 0.5) is 5.82 Å². The van der Waals surface area contributed by atoms with Crippen molar-refractivity contribution in [1.82, 2.24) is 9.97 Å². The molecule has 0 aliphatic rings. The monoisotopic (exact) mass is 206 g/mol. The molecular formula is C10H14N4O. The summed E-state index contributed by atoms with van der Waals surface area (Å²) in [6.45, 7) is 4.10. The molecule has 0 aliphatic carbocycles. The molecule has 0 bridgehead atoms. The second-order valence-corrected chi connectivity index (χ2v) is 2.91. The largest absolute Gasteiger partial charge is 0.383 e. The molecule has 0 amide bonds. The summed E-state index contributed by atoms with van der Waals surface area (Å²) >= 11 is 0. The maximum Gasteiger partial charge on any atom is 0.183 e.